The number of primary amides is 1. The minimum atomic E-state index is -4.77. The first-order valence-corrected chi connectivity index (χ1v) is 5.21. The first-order valence-electron chi connectivity index (χ1n) is 5.21. The lowest BCUT2D eigenvalue weighted by Gasteiger charge is -2.14. The normalized spacial score (nSPS) is 13.3. The molecule has 4 N–H and O–H groups in total. The van der Waals surface area contributed by atoms with Crippen molar-refractivity contribution >= 4 is 11.7 Å². The predicted molar refractivity (Wildman–Crippen MR) is 58.3 cm³/mol. The molecule has 0 saturated heterocycles. The number of rotatable bonds is 5. The van der Waals surface area contributed by atoms with Crippen LogP contribution >= 0.6 is 0 Å². The highest BCUT2D eigenvalue weighted by Crippen LogP contribution is 2.29. The number of anilines is 1. The molecule has 0 aromatic carbocycles. The molecule has 1 unspecified atom stereocenters. The fourth-order valence-electron chi connectivity index (χ4n) is 1.24. The number of halogens is 5. The number of aliphatic hydroxyl groups excluding tert-OH is 1. The maximum Gasteiger partial charge on any atom is 0.433 e. The van der Waals surface area contributed by atoms with Crippen LogP contribution in [0.15, 0.2) is 12.1 Å². The maximum absolute atomic E-state index is 12.5. The molecular weight excluding hydrogens is 289 g/mol. The molecule has 5 nitrogen and oxygen atoms in total. The van der Waals surface area contributed by atoms with Crippen LogP contribution in [0.5, 0.6) is 0 Å². The molecule has 1 rings (SSSR count). The Labute approximate surface area is 109 Å². The number of hydrogen-bond acceptors (Lipinski definition) is 4. The molecule has 0 bridgehead atoms. The van der Waals surface area contributed by atoms with E-state index in [0.717, 1.165) is 6.07 Å². The van der Waals surface area contributed by atoms with Crippen molar-refractivity contribution in [1.29, 1.82) is 0 Å². The smallest absolute Gasteiger partial charge is 0.385 e. The van der Waals surface area contributed by atoms with E-state index in [9.17, 15) is 26.7 Å². The highest BCUT2D eigenvalue weighted by molar-refractivity contribution is 5.97. The van der Waals surface area contributed by atoms with Gasteiger partial charge in [0.05, 0.1) is 5.56 Å². The molecule has 1 heterocycles. The Balaban J connectivity index is 3.04. The fourth-order valence-corrected chi connectivity index (χ4v) is 1.24. The van der Waals surface area contributed by atoms with Crippen molar-refractivity contribution in [2.45, 2.75) is 18.7 Å². The number of nitrogens with zero attached hydrogens (tertiary/aromatic N) is 1. The van der Waals surface area contributed by atoms with Crippen molar-refractivity contribution in [3.63, 3.8) is 0 Å². The van der Waals surface area contributed by atoms with Gasteiger partial charge in [-0.25, -0.2) is 13.8 Å². The molecule has 0 aliphatic rings. The van der Waals surface area contributed by atoms with Crippen molar-refractivity contribution in [1.82, 2.24) is 4.98 Å². The lowest BCUT2D eigenvalue weighted by molar-refractivity contribution is -0.141. The molecule has 0 aliphatic carbocycles. The van der Waals surface area contributed by atoms with Gasteiger partial charge in [-0.3, -0.25) is 4.79 Å². The van der Waals surface area contributed by atoms with Gasteiger partial charge in [-0.15, -0.1) is 0 Å². The molecule has 1 aromatic heterocycles. The summed E-state index contributed by atoms with van der Waals surface area (Å²) in [6.45, 7) is -0.785. The summed E-state index contributed by atoms with van der Waals surface area (Å²) in [7, 11) is 0. The average molecular weight is 299 g/mol. The van der Waals surface area contributed by atoms with Gasteiger partial charge in [0.2, 0.25) is 0 Å². The van der Waals surface area contributed by atoms with Crippen molar-refractivity contribution in [2.24, 2.45) is 5.73 Å². The number of alkyl halides is 5. The summed E-state index contributed by atoms with van der Waals surface area (Å²) in [5.74, 6) is -1.70. The second-order valence-electron chi connectivity index (χ2n) is 3.74. The lowest BCUT2D eigenvalue weighted by atomic mass is 10.2. The van der Waals surface area contributed by atoms with Gasteiger partial charge in [0.25, 0.3) is 12.3 Å². The minimum Gasteiger partial charge on any atom is -0.385 e. The molecular formula is C10H10F5N3O2. The third kappa shape index (κ3) is 4.02. The number of hydrogen-bond donors (Lipinski definition) is 3. The van der Waals surface area contributed by atoms with E-state index in [1.165, 1.54) is 0 Å². The van der Waals surface area contributed by atoms with Gasteiger partial charge >= 0.3 is 6.18 Å². The van der Waals surface area contributed by atoms with Gasteiger partial charge in [0.1, 0.15) is 17.6 Å². The third-order valence-corrected chi connectivity index (χ3v) is 2.22. The van der Waals surface area contributed by atoms with Crippen molar-refractivity contribution in [3.8, 4) is 0 Å². The number of pyridine rings is 1. The first kappa shape index (κ1) is 16.1. The average Bonchev–Trinajstić information content (AvgIpc) is 2.34. The summed E-state index contributed by atoms with van der Waals surface area (Å²) in [6.07, 6.45) is -9.98. The van der Waals surface area contributed by atoms with Crippen LogP contribution < -0.4 is 11.1 Å². The number of carbonyl (C=O) groups is 1. The van der Waals surface area contributed by atoms with Crippen molar-refractivity contribution < 1.29 is 31.9 Å². The molecule has 0 saturated carbocycles. The van der Waals surface area contributed by atoms with E-state index in [4.69, 9.17) is 10.8 Å². The first-order chi connectivity index (χ1) is 9.12. The largest absolute Gasteiger partial charge is 0.433 e. The summed E-state index contributed by atoms with van der Waals surface area (Å²) < 4.78 is 61.5. The van der Waals surface area contributed by atoms with Crippen LogP contribution in [-0.4, -0.2) is 35.1 Å². The topological polar surface area (TPSA) is 88.2 Å². The molecule has 112 valence electrons. The Morgan fingerprint density at radius 2 is 2.00 bits per heavy atom. The van der Waals surface area contributed by atoms with E-state index in [1.54, 1.807) is 0 Å². The van der Waals surface area contributed by atoms with E-state index in [0.29, 0.717) is 6.07 Å². The zero-order chi connectivity index (χ0) is 15.5. The van der Waals surface area contributed by atoms with Crippen LogP contribution in [0.3, 0.4) is 0 Å². The summed E-state index contributed by atoms with van der Waals surface area (Å²) in [6, 6.07) is 1.31. The second-order valence-corrected chi connectivity index (χ2v) is 3.74. The van der Waals surface area contributed by atoms with E-state index < -0.39 is 48.2 Å². The molecule has 1 amide bonds. The summed E-state index contributed by atoms with van der Waals surface area (Å²) in [4.78, 5) is 14.1. The maximum atomic E-state index is 12.5. The van der Waals surface area contributed by atoms with Gasteiger partial charge in [-0.05, 0) is 12.1 Å². The molecule has 1 aromatic rings. The summed E-state index contributed by atoms with van der Waals surface area (Å²) >= 11 is 0. The Morgan fingerprint density at radius 1 is 1.40 bits per heavy atom. The van der Waals surface area contributed by atoms with Crippen LogP contribution in [-0.2, 0) is 6.18 Å². The van der Waals surface area contributed by atoms with E-state index in [-0.39, 0.29) is 0 Å². The van der Waals surface area contributed by atoms with E-state index >= 15 is 0 Å². The van der Waals surface area contributed by atoms with Crippen LogP contribution in [0.2, 0.25) is 0 Å². The van der Waals surface area contributed by atoms with Gasteiger partial charge in [-0.2, -0.15) is 13.2 Å². The van der Waals surface area contributed by atoms with Gasteiger partial charge in [0, 0.05) is 6.54 Å². The van der Waals surface area contributed by atoms with Crippen molar-refractivity contribution in [2.75, 3.05) is 11.9 Å². The minimum absolute atomic E-state index is 0.403. The molecule has 0 aliphatic heterocycles. The number of carbonyl (C=O) groups excluding carboxylic acids is 1. The van der Waals surface area contributed by atoms with Crippen molar-refractivity contribution in [3.05, 3.63) is 23.4 Å². The summed E-state index contributed by atoms with van der Waals surface area (Å²) in [5, 5.41) is 10.9. The van der Waals surface area contributed by atoms with Gasteiger partial charge in [0.15, 0.2) is 0 Å². The summed E-state index contributed by atoms with van der Waals surface area (Å²) in [5.41, 5.74) is 3.20. The quantitative estimate of drug-likeness (QED) is 0.714. The zero-order valence-electron chi connectivity index (χ0n) is 9.79. The SMILES string of the molecule is NC(=O)c1ccc(C(F)(F)F)nc1NCC(O)C(F)F. The Kier molecular flexibility index (Phi) is 4.82. The lowest BCUT2D eigenvalue weighted by Crippen LogP contribution is -2.28. The molecule has 0 fully saturated rings. The van der Waals surface area contributed by atoms with Gasteiger partial charge < -0.3 is 16.2 Å². The fraction of sp³-hybridized carbons (Fsp3) is 0.400. The van der Waals surface area contributed by atoms with E-state index in [2.05, 4.69) is 4.98 Å². The monoisotopic (exact) mass is 299 g/mol. The molecule has 10 heteroatoms. The van der Waals surface area contributed by atoms with Crippen LogP contribution in [0.25, 0.3) is 0 Å². The Hall–Kier alpha value is -1.97. The molecule has 0 spiro atoms. The number of aliphatic hydroxyl groups is 1. The molecule has 20 heavy (non-hydrogen) atoms. The highest BCUT2D eigenvalue weighted by atomic mass is 19.4. The molecule has 0 radical (unpaired) electrons. The van der Waals surface area contributed by atoms with Gasteiger partial charge in [-0.1, -0.05) is 0 Å². The number of amides is 1. The number of nitrogens with two attached hydrogens (primary N) is 1. The number of aromatic nitrogens is 1. The second kappa shape index (κ2) is 5.99. The Morgan fingerprint density at radius 3 is 2.45 bits per heavy atom. The number of nitrogens with one attached hydrogen (secondary N) is 1. The molecule has 1 atom stereocenters. The van der Waals surface area contributed by atoms with Crippen LogP contribution in [0.1, 0.15) is 16.1 Å². The highest BCUT2D eigenvalue weighted by Gasteiger charge is 2.33. The third-order valence-electron chi connectivity index (χ3n) is 2.22. The zero-order valence-corrected chi connectivity index (χ0v) is 9.79. The predicted octanol–water partition coefficient (Wildman–Crippen LogP) is 1.24. The van der Waals surface area contributed by atoms with Crippen LogP contribution in [0, 0.1) is 0 Å². The Bertz CT molecular complexity index is 492. The van der Waals surface area contributed by atoms with Crippen LogP contribution in [0.4, 0.5) is 27.8 Å². The van der Waals surface area contributed by atoms with E-state index in [1.807, 2.05) is 5.32 Å². The standard InChI is InChI=1S/C10H10F5N3O2/c11-7(12)5(19)3-17-9-4(8(16)20)1-2-6(18-9)10(13,14)15/h1-2,5,7,19H,3H2,(H2,16,20)(H,17,18).